The van der Waals surface area contributed by atoms with Crippen molar-refractivity contribution in [2.45, 2.75) is 0 Å². The molecule has 1 aromatic heterocycles. The molecule has 108 valence electrons. The number of non-ortho nitro benzene ring substituents is 1. The van der Waals surface area contributed by atoms with E-state index < -0.39 is 16.6 Å². The molecule has 2 rings (SSSR count). The Kier molecular flexibility index (Phi) is 4.35. The first-order valence-corrected chi connectivity index (χ1v) is 6.21. The highest BCUT2D eigenvalue weighted by atomic mass is 35.5. The van der Waals surface area contributed by atoms with Gasteiger partial charge in [0.05, 0.1) is 15.6 Å². The number of aromatic nitrogens is 1. The van der Waals surface area contributed by atoms with Gasteiger partial charge in [0.2, 0.25) is 0 Å². The van der Waals surface area contributed by atoms with Crippen molar-refractivity contribution in [1.82, 2.24) is 4.98 Å². The maximum atomic E-state index is 13.6. The van der Waals surface area contributed by atoms with Crippen LogP contribution in [0.15, 0.2) is 30.3 Å². The maximum absolute atomic E-state index is 13.6. The van der Waals surface area contributed by atoms with Gasteiger partial charge >= 0.3 is 0 Å². The minimum Gasteiger partial charge on any atom is -0.318 e. The summed E-state index contributed by atoms with van der Waals surface area (Å²) in [4.78, 5) is 25.6. The van der Waals surface area contributed by atoms with Crippen LogP contribution in [0.3, 0.4) is 0 Å². The summed E-state index contributed by atoms with van der Waals surface area (Å²) in [6, 6.07) is 5.49. The number of nitro groups is 1. The molecule has 0 saturated carbocycles. The maximum Gasteiger partial charge on any atom is 0.275 e. The molecule has 0 atom stereocenters. The molecule has 1 amide bonds. The summed E-state index contributed by atoms with van der Waals surface area (Å²) in [5, 5.41) is 12.9. The van der Waals surface area contributed by atoms with Gasteiger partial charge in [0, 0.05) is 12.1 Å². The average Bonchev–Trinajstić information content (AvgIpc) is 2.43. The number of hydrogen-bond donors (Lipinski definition) is 1. The number of halogens is 3. The molecule has 1 N–H and O–H groups in total. The van der Waals surface area contributed by atoms with Gasteiger partial charge in [0.15, 0.2) is 0 Å². The molecule has 0 fully saturated rings. The minimum atomic E-state index is -0.832. The third-order valence-corrected chi connectivity index (χ3v) is 2.95. The molecule has 0 saturated heterocycles. The lowest BCUT2D eigenvalue weighted by Crippen LogP contribution is -2.15. The van der Waals surface area contributed by atoms with Gasteiger partial charge in [0.1, 0.15) is 16.7 Å². The number of amides is 1. The van der Waals surface area contributed by atoms with Crippen molar-refractivity contribution in [1.29, 1.82) is 0 Å². The van der Waals surface area contributed by atoms with Crippen LogP contribution in [-0.2, 0) is 0 Å². The van der Waals surface area contributed by atoms with Crippen LogP contribution in [0.4, 0.5) is 15.8 Å². The zero-order valence-corrected chi connectivity index (χ0v) is 11.7. The van der Waals surface area contributed by atoms with Gasteiger partial charge in [-0.15, -0.1) is 0 Å². The zero-order chi connectivity index (χ0) is 15.6. The number of carbonyl (C=O) groups excluding carboxylic acids is 1. The molecular weight excluding hydrogens is 324 g/mol. The molecule has 0 aliphatic carbocycles. The first-order chi connectivity index (χ1) is 9.88. The quantitative estimate of drug-likeness (QED) is 0.528. The van der Waals surface area contributed by atoms with Crippen molar-refractivity contribution in [3.63, 3.8) is 0 Å². The van der Waals surface area contributed by atoms with E-state index in [1.165, 1.54) is 12.1 Å². The van der Waals surface area contributed by atoms with Gasteiger partial charge < -0.3 is 5.32 Å². The first-order valence-electron chi connectivity index (χ1n) is 5.46. The van der Waals surface area contributed by atoms with Crippen molar-refractivity contribution in [3.8, 4) is 0 Å². The van der Waals surface area contributed by atoms with Crippen LogP contribution in [0.25, 0.3) is 0 Å². The summed E-state index contributed by atoms with van der Waals surface area (Å²) < 4.78 is 13.6. The van der Waals surface area contributed by atoms with Crippen molar-refractivity contribution in [2.75, 3.05) is 5.32 Å². The molecule has 0 aliphatic rings. The number of nitro benzene ring substituents is 1. The van der Waals surface area contributed by atoms with Crippen molar-refractivity contribution >= 4 is 40.5 Å². The van der Waals surface area contributed by atoms with E-state index in [2.05, 4.69) is 10.3 Å². The molecule has 0 aliphatic heterocycles. The van der Waals surface area contributed by atoms with Crippen molar-refractivity contribution < 1.29 is 14.1 Å². The summed E-state index contributed by atoms with van der Waals surface area (Å²) in [7, 11) is 0. The fraction of sp³-hybridized carbons (Fsp3) is 0. The summed E-state index contributed by atoms with van der Waals surface area (Å²) in [5.41, 5.74) is -0.932. The Hall–Kier alpha value is -2.25. The van der Waals surface area contributed by atoms with Crippen LogP contribution in [0.2, 0.25) is 10.2 Å². The Labute approximate surface area is 127 Å². The van der Waals surface area contributed by atoms with Crippen LogP contribution >= 0.6 is 23.2 Å². The average molecular weight is 330 g/mol. The molecule has 0 bridgehead atoms. The predicted molar refractivity (Wildman–Crippen MR) is 75.3 cm³/mol. The molecule has 1 heterocycles. The van der Waals surface area contributed by atoms with Gasteiger partial charge in [-0.05, 0) is 18.2 Å². The highest BCUT2D eigenvalue weighted by molar-refractivity contribution is 6.35. The van der Waals surface area contributed by atoms with E-state index in [4.69, 9.17) is 23.2 Å². The number of anilines is 1. The summed E-state index contributed by atoms with van der Waals surface area (Å²) in [6.07, 6.45) is 0. The lowest BCUT2D eigenvalue weighted by molar-refractivity contribution is -0.384. The van der Waals surface area contributed by atoms with Crippen molar-refractivity contribution in [2.24, 2.45) is 0 Å². The van der Waals surface area contributed by atoms with E-state index in [9.17, 15) is 19.3 Å². The number of pyridine rings is 1. The fourth-order valence-electron chi connectivity index (χ4n) is 1.48. The molecule has 6 nitrogen and oxygen atoms in total. The third-order valence-electron chi connectivity index (χ3n) is 2.44. The number of nitrogens with zero attached hydrogens (tertiary/aromatic N) is 2. The summed E-state index contributed by atoms with van der Waals surface area (Å²) >= 11 is 11.4. The predicted octanol–water partition coefficient (Wildman–Crippen LogP) is 3.69. The van der Waals surface area contributed by atoms with E-state index in [-0.39, 0.29) is 27.2 Å². The van der Waals surface area contributed by atoms with Gasteiger partial charge in [0.25, 0.3) is 11.6 Å². The fourth-order valence-corrected chi connectivity index (χ4v) is 1.82. The second-order valence-corrected chi connectivity index (χ2v) is 4.63. The molecule has 2 aromatic rings. The molecule has 21 heavy (non-hydrogen) atoms. The van der Waals surface area contributed by atoms with E-state index >= 15 is 0 Å². The molecule has 0 unspecified atom stereocenters. The number of carbonyl (C=O) groups is 1. The first kappa shape index (κ1) is 15.1. The zero-order valence-electron chi connectivity index (χ0n) is 10.1. The van der Waals surface area contributed by atoms with Gasteiger partial charge in [-0.2, -0.15) is 0 Å². The summed E-state index contributed by atoms with van der Waals surface area (Å²) in [6.45, 7) is 0. The number of benzene rings is 1. The Morgan fingerprint density at radius 1 is 1.29 bits per heavy atom. The Bertz CT molecular complexity index is 740. The highest BCUT2D eigenvalue weighted by Gasteiger charge is 2.17. The van der Waals surface area contributed by atoms with Crippen molar-refractivity contribution in [3.05, 3.63) is 62.1 Å². The van der Waals surface area contributed by atoms with Gasteiger partial charge in [-0.3, -0.25) is 14.9 Å². The summed E-state index contributed by atoms with van der Waals surface area (Å²) in [5.74, 6) is -1.66. The second-order valence-electron chi connectivity index (χ2n) is 3.84. The van der Waals surface area contributed by atoms with Crippen LogP contribution < -0.4 is 5.32 Å². The topological polar surface area (TPSA) is 85.1 Å². The Balaban J connectivity index is 2.33. The van der Waals surface area contributed by atoms with Crippen LogP contribution in [-0.4, -0.2) is 15.8 Å². The lowest BCUT2D eigenvalue weighted by Gasteiger charge is -2.07. The Morgan fingerprint density at radius 2 is 2.00 bits per heavy atom. The van der Waals surface area contributed by atoms with Crippen LogP contribution in [0.5, 0.6) is 0 Å². The van der Waals surface area contributed by atoms with Gasteiger partial charge in [-0.1, -0.05) is 23.2 Å². The van der Waals surface area contributed by atoms with E-state index in [1.807, 2.05) is 0 Å². The number of nitrogens with one attached hydrogen (secondary N) is 1. The normalized spacial score (nSPS) is 10.2. The molecule has 1 aromatic carbocycles. The Morgan fingerprint density at radius 3 is 2.67 bits per heavy atom. The van der Waals surface area contributed by atoms with E-state index in [1.54, 1.807) is 0 Å². The second kappa shape index (κ2) is 6.02. The number of hydrogen-bond acceptors (Lipinski definition) is 4. The van der Waals surface area contributed by atoms with Crippen LogP contribution in [0.1, 0.15) is 10.5 Å². The van der Waals surface area contributed by atoms with Gasteiger partial charge in [-0.25, -0.2) is 9.37 Å². The molecule has 9 heteroatoms. The smallest absolute Gasteiger partial charge is 0.275 e. The lowest BCUT2D eigenvalue weighted by atomic mass is 10.2. The minimum absolute atomic E-state index is 0.0164. The standard InChI is InChI=1S/C12H6Cl2FN3O3/c13-7-2-4-10(14)17-11(7)12(19)16-9-5-6(18(20)21)1-3-8(9)15/h1-5H,(H,16,19). The molecule has 0 radical (unpaired) electrons. The number of rotatable bonds is 3. The molecule has 0 spiro atoms. The monoisotopic (exact) mass is 329 g/mol. The molecular formula is C12H6Cl2FN3O3. The SMILES string of the molecule is O=C(Nc1cc([N+](=O)[O-])ccc1F)c1nc(Cl)ccc1Cl. The van der Waals surface area contributed by atoms with E-state index in [0.29, 0.717) is 0 Å². The largest absolute Gasteiger partial charge is 0.318 e. The highest BCUT2D eigenvalue weighted by Crippen LogP contribution is 2.23. The van der Waals surface area contributed by atoms with E-state index in [0.717, 1.165) is 18.2 Å². The van der Waals surface area contributed by atoms with Crippen LogP contribution in [0, 0.1) is 15.9 Å². The third kappa shape index (κ3) is 3.45.